The van der Waals surface area contributed by atoms with Crippen molar-refractivity contribution in [3.05, 3.63) is 41.5 Å². The van der Waals surface area contributed by atoms with E-state index in [2.05, 4.69) is 20.0 Å². The number of benzene rings is 1. The van der Waals surface area contributed by atoms with E-state index in [4.69, 9.17) is 5.11 Å². The number of nitrogens with zero attached hydrogens (tertiary/aromatic N) is 2. The molecule has 1 aromatic heterocycles. The van der Waals surface area contributed by atoms with Gasteiger partial charge in [0, 0.05) is 18.1 Å². The van der Waals surface area contributed by atoms with Gasteiger partial charge in [-0.05, 0) is 17.7 Å². The first-order valence-electron chi connectivity index (χ1n) is 6.81. The summed E-state index contributed by atoms with van der Waals surface area (Å²) in [5.41, 5.74) is 0.596. The number of amides is 2. The average molecular weight is 374 g/mol. The topological polar surface area (TPSA) is 121 Å². The molecule has 1 aromatic carbocycles. The zero-order chi connectivity index (χ0) is 17.6. The number of aliphatic hydroxyl groups excluding tert-OH is 1. The summed E-state index contributed by atoms with van der Waals surface area (Å²) in [4.78, 5) is 15.6. The Morgan fingerprint density at radius 2 is 2.17 bits per heavy atom. The lowest BCUT2D eigenvalue weighted by molar-refractivity contribution is 0.251. The lowest BCUT2D eigenvalue weighted by Crippen LogP contribution is -2.28. The van der Waals surface area contributed by atoms with Crippen LogP contribution in [-0.2, 0) is 22.1 Å². The number of aromatic nitrogens is 2. The Hall–Kier alpha value is -2.11. The molecule has 0 aliphatic heterocycles. The number of sulfone groups is 1. The molecule has 2 aromatic rings. The van der Waals surface area contributed by atoms with Gasteiger partial charge in [-0.25, -0.2) is 22.6 Å². The van der Waals surface area contributed by atoms with Gasteiger partial charge in [0.2, 0.25) is 5.13 Å². The van der Waals surface area contributed by atoms with E-state index in [0.717, 1.165) is 11.5 Å². The highest BCUT2D eigenvalue weighted by molar-refractivity contribution is 7.90. The minimum atomic E-state index is -3.48. The normalized spacial score (nSPS) is 11.2. The second-order valence-corrected chi connectivity index (χ2v) is 7.70. The number of nitrogens with one attached hydrogen (secondary N) is 2. The Kier molecular flexibility index (Phi) is 6.17. The third-order valence-electron chi connectivity index (χ3n) is 2.78. The van der Waals surface area contributed by atoms with Crippen LogP contribution in [0.4, 0.5) is 14.3 Å². The maximum atomic E-state index is 13.0. The van der Waals surface area contributed by atoms with Gasteiger partial charge in [0.15, 0.2) is 15.7 Å². The lowest BCUT2D eigenvalue weighted by atomic mass is 10.2. The van der Waals surface area contributed by atoms with Crippen molar-refractivity contribution in [3.63, 3.8) is 0 Å². The molecule has 0 aliphatic carbocycles. The molecule has 2 amide bonds. The van der Waals surface area contributed by atoms with E-state index in [1.54, 1.807) is 6.07 Å². The number of aliphatic hydroxyl groups is 1. The van der Waals surface area contributed by atoms with E-state index in [-0.39, 0.29) is 23.3 Å². The van der Waals surface area contributed by atoms with Crippen molar-refractivity contribution in [2.75, 3.05) is 17.7 Å². The number of rotatable bonds is 7. The minimum Gasteiger partial charge on any atom is -0.395 e. The summed E-state index contributed by atoms with van der Waals surface area (Å²) < 4.78 is 40.0. The predicted molar refractivity (Wildman–Crippen MR) is 86.7 cm³/mol. The molecular weight excluding hydrogens is 359 g/mol. The Morgan fingerprint density at radius 1 is 1.38 bits per heavy atom. The van der Waals surface area contributed by atoms with Crippen LogP contribution in [0.1, 0.15) is 11.4 Å². The molecule has 0 unspecified atom stereocenters. The quantitative estimate of drug-likeness (QED) is 0.662. The summed E-state index contributed by atoms with van der Waals surface area (Å²) in [5, 5.41) is 13.8. The van der Waals surface area contributed by atoms with Gasteiger partial charge in [0.1, 0.15) is 11.6 Å². The fourth-order valence-electron chi connectivity index (χ4n) is 1.74. The number of urea groups is 1. The van der Waals surface area contributed by atoms with Gasteiger partial charge in [-0.2, -0.15) is 4.37 Å². The molecule has 0 aliphatic rings. The van der Waals surface area contributed by atoms with Crippen molar-refractivity contribution in [3.8, 4) is 0 Å². The van der Waals surface area contributed by atoms with Crippen molar-refractivity contribution in [1.82, 2.24) is 14.7 Å². The fraction of sp³-hybridized carbons (Fsp3) is 0.308. The van der Waals surface area contributed by atoms with E-state index < -0.39 is 34.0 Å². The zero-order valence-corrected chi connectivity index (χ0v) is 14.0. The lowest BCUT2D eigenvalue weighted by Gasteiger charge is -2.05. The molecule has 3 N–H and O–H groups in total. The Labute approximate surface area is 141 Å². The van der Waals surface area contributed by atoms with E-state index in [1.165, 1.54) is 18.2 Å². The molecule has 0 saturated carbocycles. The van der Waals surface area contributed by atoms with Crippen LogP contribution in [-0.4, -0.2) is 41.3 Å². The van der Waals surface area contributed by atoms with Gasteiger partial charge < -0.3 is 10.4 Å². The highest BCUT2D eigenvalue weighted by atomic mass is 32.2. The van der Waals surface area contributed by atoms with E-state index in [1.807, 2.05) is 0 Å². The van der Waals surface area contributed by atoms with Crippen molar-refractivity contribution in [2.45, 2.75) is 12.3 Å². The average Bonchev–Trinajstić information content (AvgIpc) is 2.91. The van der Waals surface area contributed by atoms with Crippen molar-refractivity contribution in [1.29, 1.82) is 0 Å². The Bertz CT molecular complexity index is 810. The van der Waals surface area contributed by atoms with Crippen LogP contribution in [0.15, 0.2) is 24.3 Å². The second-order valence-electron chi connectivity index (χ2n) is 4.77. The molecule has 0 saturated heterocycles. The standard InChI is InChI=1S/C13H15FN4O4S2/c14-10-3-1-2-9(6-10)7-15-12(20)17-13-16-11(18-23-13)8-24(21,22)5-4-19/h1-3,6,19H,4-5,7-8H2,(H2,15,16,17,18,20). The maximum Gasteiger partial charge on any atom is 0.321 e. The van der Waals surface area contributed by atoms with Crippen LogP contribution in [0.25, 0.3) is 0 Å². The van der Waals surface area contributed by atoms with Crippen LogP contribution in [0.5, 0.6) is 0 Å². The molecule has 0 fully saturated rings. The van der Waals surface area contributed by atoms with Crippen molar-refractivity contribution < 1.29 is 22.7 Å². The van der Waals surface area contributed by atoms with Crippen LogP contribution < -0.4 is 10.6 Å². The fourth-order valence-corrected chi connectivity index (χ4v) is 3.35. The summed E-state index contributed by atoms with van der Waals surface area (Å²) in [7, 11) is -3.48. The molecule has 0 spiro atoms. The van der Waals surface area contributed by atoms with E-state index in [0.29, 0.717) is 5.56 Å². The summed E-state index contributed by atoms with van der Waals surface area (Å²) in [6, 6.07) is 5.24. The molecule has 11 heteroatoms. The van der Waals surface area contributed by atoms with Gasteiger partial charge in [0.25, 0.3) is 0 Å². The Balaban J connectivity index is 1.86. The van der Waals surface area contributed by atoms with Gasteiger partial charge in [-0.1, -0.05) is 12.1 Å². The number of carbonyl (C=O) groups is 1. The first kappa shape index (κ1) is 18.2. The summed E-state index contributed by atoms with van der Waals surface area (Å²) in [6.45, 7) is -0.347. The largest absolute Gasteiger partial charge is 0.395 e. The van der Waals surface area contributed by atoms with Crippen LogP contribution >= 0.6 is 11.5 Å². The van der Waals surface area contributed by atoms with Crippen LogP contribution in [0.2, 0.25) is 0 Å². The third-order valence-corrected chi connectivity index (χ3v) is 4.95. The molecular formula is C13H15FN4O4S2. The van der Waals surface area contributed by atoms with Gasteiger partial charge in [0.05, 0.1) is 12.4 Å². The predicted octanol–water partition coefficient (Wildman–Crippen LogP) is 0.906. The highest BCUT2D eigenvalue weighted by Crippen LogP contribution is 2.13. The first-order chi connectivity index (χ1) is 11.4. The molecule has 2 rings (SSSR count). The zero-order valence-electron chi connectivity index (χ0n) is 12.4. The number of halogens is 1. The third kappa shape index (κ3) is 5.83. The second kappa shape index (κ2) is 8.13. The van der Waals surface area contributed by atoms with Gasteiger partial charge in [-0.3, -0.25) is 5.32 Å². The molecule has 24 heavy (non-hydrogen) atoms. The smallest absolute Gasteiger partial charge is 0.321 e. The number of hydrogen-bond donors (Lipinski definition) is 3. The monoisotopic (exact) mass is 374 g/mol. The molecule has 0 radical (unpaired) electrons. The molecule has 130 valence electrons. The van der Waals surface area contributed by atoms with Crippen molar-refractivity contribution in [2.24, 2.45) is 0 Å². The molecule has 0 atom stereocenters. The number of anilines is 1. The number of carbonyl (C=O) groups excluding carboxylic acids is 1. The van der Waals surface area contributed by atoms with Crippen LogP contribution in [0.3, 0.4) is 0 Å². The van der Waals surface area contributed by atoms with Gasteiger partial charge in [-0.15, -0.1) is 0 Å². The Morgan fingerprint density at radius 3 is 2.88 bits per heavy atom. The minimum absolute atomic E-state index is 0.0499. The van der Waals surface area contributed by atoms with Crippen LogP contribution in [0, 0.1) is 5.82 Å². The van der Waals surface area contributed by atoms with Crippen molar-refractivity contribution >= 4 is 32.5 Å². The van der Waals surface area contributed by atoms with E-state index in [9.17, 15) is 17.6 Å². The molecule has 8 nitrogen and oxygen atoms in total. The SMILES string of the molecule is O=C(NCc1cccc(F)c1)Nc1nc(CS(=O)(=O)CCO)ns1. The maximum absolute atomic E-state index is 13.0. The van der Waals surface area contributed by atoms with Gasteiger partial charge >= 0.3 is 6.03 Å². The summed E-state index contributed by atoms with van der Waals surface area (Å²) >= 11 is 0.841. The van der Waals surface area contributed by atoms with E-state index >= 15 is 0 Å². The molecule has 0 bridgehead atoms. The number of hydrogen-bond acceptors (Lipinski definition) is 7. The highest BCUT2D eigenvalue weighted by Gasteiger charge is 2.16. The first-order valence-corrected chi connectivity index (χ1v) is 9.40. The summed E-state index contributed by atoms with van der Waals surface area (Å²) in [5.74, 6) is -1.12. The molecule has 1 heterocycles. The summed E-state index contributed by atoms with van der Waals surface area (Å²) in [6.07, 6.45) is 0.